The molecule has 0 saturated heterocycles. The highest BCUT2D eigenvalue weighted by Crippen LogP contribution is 2.01. The Morgan fingerprint density at radius 2 is 1.78 bits per heavy atom. The van der Waals surface area contributed by atoms with Gasteiger partial charge in [0.25, 0.3) is 0 Å². The fraction of sp³-hybridized carbons (Fsp3) is 0.846. The van der Waals surface area contributed by atoms with E-state index >= 15 is 0 Å². The number of halogens is 1. The molecule has 0 rings (SSSR count). The van der Waals surface area contributed by atoms with Crippen LogP contribution in [0, 0.1) is 11.3 Å². The van der Waals surface area contributed by atoms with E-state index in [0.717, 1.165) is 32.5 Å². The van der Waals surface area contributed by atoms with Crippen molar-refractivity contribution in [1.82, 2.24) is 9.80 Å². The van der Waals surface area contributed by atoms with Crippen molar-refractivity contribution >= 4 is 17.5 Å². The summed E-state index contributed by atoms with van der Waals surface area (Å²) in [5.74, 6) is -0.0728. The van der Waals surface area contributed by atoms with Crippen LogP contribution in [-0.4, -0.2) is 54.3 Å². The van der Waals surface area contributed by atoms with E-state index in [1.807, 2.05) is 0 Å². The molecule has 0 aliphatic heterocycles. The van der Waals surface area contributed by atoms with Crippen molar-refractivity contribution in [3.05, 3.63) is 0 Å². The average Bonchev–Trinajstić information content (AvgIpc) is 2.41. The first-order chi connectivity index (χ1) is 8.69. The predicted molar refractivity (Wildman–Crippen MR) is 74.6 cm³/mol. The Morgan fingerprint density at radius 1 is 1.17 bits per heavy atom. The van der Waals surface area contributed by atoms with Gasteiger partial charge < -0.3 is 9.80 Å². The summed E-state index contributed by atoms with van der Waals surface area (Å²) in [6.45, 7) is 8.69. The van der Waals surface area contributed by atoms with Crippen LogP contribution in [0.2, 0.25) is 0 Å². The molecule has 1 amide bonds. The van der Waals surface area contributed by atoms with Gasteiger partial charge >= 0.3 is 0 Å². The first-order valence-electron chi connectivity index (χ1n) is 6.62. The maximum absolute atomic E-state index is 11.5. The van der Waals surface area contributed by atoms with Crippen LogP contribution in [-0.2, 0) is 4.79 Å². The summed E-state index contributed by atoms with van der Waals surface area (Å²) in [6, 6.07) is 2.06. The molecule has 5 heteroatoms. The number of carbonyl (C=O) groups is 1. The zero-order valence-corrected chi connectivity index (χ0v) is 12.2. The first kappa shape index (κ1) is 17.2. The van der Waals surface area contributed by atoms with Gasteiger partial charge in [-0.2, -0.15) is 5.26 Å². The molecule has 4 nitrogen and oxygen atoms in total. The molecule has 0 aromatic heterocycles. The van der Waals surface area contributed by atoms with E-state index < -0.39 is 0 Å². The standard InChI is InChI=1S/C13H24ClN3O/c1-3-16(4-2)9-5-6-10-17(11-7-8-15)13(18)12-14/h3-7,9-12H2,1-2H3. The van der Waals surface area contributed by atoms with Gasteiger partial charge in [-0.05, 0) is 32.5 Å². The van der Waals surface area contributed by atoms with E-state index in [2.05, 4.69) is 24.8 Å². The largest absolute Gasteiger partial charge is 0.341 e. The van der Waals surface area contributed by atoms with E-state index in [0.29, 0.717) is 19.5 Å². The van der Waals surface area contributed by atoms with Gasteiger partial charge in [0, 0.05) is 13.1 Å². The lowest BCUT2D eigenvalue weighted by atomic mass is 10.2. The maximum atomic E-state index is 11.5. The van der Waals surface area contributed by atoms with Crippen LogP contribution in [0.4, 0.5) is 0 Å². The molecule has 0 bridgehead atoms. The van der Waals surface area contributed by atoms with E-state index in [4.69, 9.17) is 16.9 Å². The molecule has 0 atom stereocenters. The second-order valence-electron chi connectivity index (χ2n) is 4.16. The minimum Gasteiger partial charge on any atom is -0.341 e. The number of nitriles is 1. The number of hydrogen-bond acceptors (Lipinski definition) is 3. The third-order valence-corrected chi connectivity index (χ3v) is 3.24. The molecule has 0 saturated carbocycles. The molecule has 0 aromatic rings. The van der Waals surface area contributed by atoms with Gasteiger partial charge in [0.15, 0.2) is 0 Å². The monoisotopic (exact) mass is 273 g/mol. The van der Waals surface area contributed by atoms with Gasteiger partial charge in [-0.3, -0.25) is 4.79 Å². The molecule has 0 aliphatic carbocycles. The van der Waals surface area contributed by atoms with E-state index in [1.165, 1.54) is 0 Å². The van der Waals surface area contributed by atoms with Gasteiger partial charge in [-0.25, -0.2) is 0 Å². The summed E-state index contributed by atoms with van der Waals surface area (Å²) in [5.41, 5.74) is 0. The molecule has 0 aromatic carbocycles. The SMILES string of the molecule is CCN(CC)CCCCN(CCC#N)C(=O)CCl. The minimum atomic E-state index is -0.0743. The Labute approximate surface area is 115 Å². The third-order valence-electron chi connectivity index (χ3n) is 3.01. The highest BCUT2D eigenvalue weighted by atomic mass is 35.5. The van der Waals surface area contributed by atoms with Crippen LogP contribution in [0.15, 0.2) is 0 Å². The van der Waals surface area contributed by atoms with Crippen LogP contribution in [0.3, 0.4) is 0 Å². The maximum Gasteiger partial charge on any atom is 0.237 e. The average molecular weight is 274 g/mol. The van der Waals surface area contributed by atoms with Gasteiger partial charge in [0.1, 0.15) is 5.88 Å². The lowest BCUT2D eigenvalue weighted by Crippen LogP contribution is -2.34. The fourth-order valence-electron chi connectivity index (χ4n) is 1.81. The Hall–Kier alpha value is -0.790. The normalized spacial score (nSPS) is 10.4. The summed E-state index contributed by atoms with van der Waals surface area (Å²) in [4.78, 5) is 15.6. The Kier molecular flexibility index (Phi) is 10.8. The topological polar surface area (TPSA) is 47.3 Å². The lowest BCUT2D eigenvalue weighted by Gasteiger charge is -2.22. The molecule has 0 fully saturated rings. The van der Waals surface area contributed by atoms with E-state index in [9.17, 15) is 4.79 Å². The van der Waals surface area contributed by atoms with Crippen molar-refractivity contribution in [2.75, 3.05) is 38.6 Å². The number of amides is 1. The quantitative estimate of drug-likeness (QED) is 0.452. The molecule has 18 heavy (non-hydrogen) atoms. The zero-order chi connectivity index (χ0) is 13.8. The summed E-state index contributed by atoms with van der Waals surface area (Å²) >= 11 is 5.55. The van der Waals surface area contributed by atoms with Crippen LogP contribution in [0.5, 0.6) is 0 Å². The molecular formula is C13H24ClN3O. The number of rotatable bonds is 10. The zero-order valence-electron chi connectivity index (χ0n) is 11.5. The number of unbranched alkanes of at least 4 members (excludes halogenated alkanes) is 1. The van der Waals surface area contributed by atoms with Crippen molar-refractivity contribution in [1.29, 1.82) is 5.26 Å². The summed E-state index contributed by atoms with van der Waals surface area (Å²) in [6.07, 6.45) is 2.41. The van der Waals surface area contributed by atoms with Crippen molar-refractivity contribution in [3.8, 4) is 6.07 Å². The van der Waals surface area contributed by atoms with Crippen LogP contribution in [0.25, 0.3) is 0 Å². The summed E-state index contributed by atoms with van der Waals surface area (Å²) in [5, 5.41) is 8.55. The van der Waals surface area contributed by atoms with E-state index in [-0.39, 0.29) is 11.8 Å². The molecule has 0 unspecified atom stereocenters. The van der Waals surface area contributed by atoms with Gasteiger partial charge in [-0.1, -0.05) is 13.8 Å². The molecule has 104 valence electrons. The number of alkyl halides is 1. The van der Waals surface area contributed by atoms with E-state index in [1.54, 1.807) is 4.90 Å². The van der Waals surface area contributed by atoms with Gasteiger partial charge in [-0.15, -0.1) is 11.6 Å². The number of carbonyl (C=O) groups excluding carboxylic acids is 1. The summed E-state index contributed by atoms with van der Waals surface area (Å²) < 4.78 is 0. The Morgan fingerprint density at radius 3 is 2.28 bits per heavy atom. The Bertz CT molecular complexity index is 261. The predicted octanol–water partition coefficient (Wildman–Crippen LogP) is 2.09. The van der Waals surface area contributed by atoms with Gasteiger partial charge in [0.2, 0.25) is 5.91 Å². The van der Waals surface area contributed by atoms with Crippen molar-refractivity contribution in [2.45, 2.75) is 33.1 Å². The highest BCUT2D eigenvalue weighted by Gasteiger charge is 2.11. The number of nitrogens with zero attached hydrogens (tertiary/aromatic N) is 3. The van der Waals surface area contributed by atoms with Crippen LogP contribution < -0.4 is 0 Å². The second-order valence-corrected chi connectivity index (χ2v) is 4.42. The molecule has 0 heterocycles. The highest BCUT2D eigenvalue weighted by molar-refractivity contribution is 6.27. The molecule has 0 N–H and O–H groups in total. The third kappa shape index (κ3) is 7.52. The first-order valence-corrected chi connectivity index (χ1v) is 7.16. The van der Waals surface area contributed by atoms with Crippen molar-refractivity contribution in [2.24, 2.45) is 0 Å². The fourth-order valence-corrected chi connectivity index (χ4v) is 1.98. The van der Waals surface area contributed by atoms with Crippen molar-refractivity contribution in [3.63, 3.8) is 0 Å². The molecule has 0 radical (unpaired) electrons. The van der Waals surface area contributed by atoms with Crippen LogP contribution in [0.1, 0.15) is 33.1 Å². The Balaban J connectivity index is 3.89. The van der Waals surface area contributed by atoms with Crippen LogP contribution >= 0.6 is 11.6 Å². The molecule has 0 aliphatic rings. The smallest absolute Gasteiger partial charge is 0.237 e. The van der Waals surface area contributed by atoms with Gasteiger partial charge in [0.05, 0.1) is 12.5 Å². The number of hydrogen-bond donors (Lipinski definition) is 0. The van der Waals surface area contributed by atoms with Crippen molar-refractivity contribution < 1.29 is 4.79 Å². The summed E-state index contributed by atoms with van der Waals surface area (Å²) in [7, 11) is 0. The second kappa shape index (κ2) is 11.3. The minimum absolute atomic E-state index is 0.00146. The lowest BCUT2D eigenvalue weighted by molar-refractivity contribution is -0.128. The molecule has 0 spiro atoms. The molecular weight excluding hydrogens is 250 g/mol.